The van der Waals surface area contributed by atoms with Crippen molar-refractivity contribution in [1.29, 1.82) is 0 Å². The highest BCUT2D eigenvalue weighted by Gasteiger charge is 2.35. The van der Waals surface area contributed by atoms with E-state index in [1.54, 1.807) is 36.2 Å². The Labute approximate surface area is 307 Å². The number of aliphatic imine (C=N–C) groups is 2. The predicted molar refractivity (Wildman–Crippen MR) is 205 cm³/mol. The standard InChI is InChI=1S/C42H39N5O6/c1-25-15-34-36(44-21-31-17-29(24-46(31)41(34)48)27-7-11-33(50-2)12-8-27)19-38(25)52-13-4-14-53-40-20-37-35(18-39(40)51-3)42(49)47-23-28(16-32(47)22-45-37)26-5-9-30(43)10-6-26/h5-12,15,18-24,31-32H,4,13-14,16-17,43H2,1-3H3/t31-,32+/m0/s1. The molecule has 0 spiro atoms. The molecule has 4 aromatic carbocycles. The highest BCUT2D eigenvalue weighted by molar-refractivity contribution is 6.06. The van der Waals surface area contributed by atoms with Crippen molar-refractivity contribution in [3.05, 3.63) is 113 Å². The summed E-state index contributed by atoms with van der Waals surface area (Å²) >= 11 is 0. The highest BCUT2D eigenvalue weighted by atomic mass is 16.5. The number of aryl methyl sites for hydroxylation is 1. The minimum absolute atomic E-state index is 0.0884. The first-order chi connectivity index (χ1) is 25.8. The van der Waals surface area contributed by atoms with Crippen molar-refractivity contribution in [3.63, 3.8) is 0 Å². The van der Waals surface area contributed by atoms with Gasteiger partial charge in [-0.1, -0.05) is 24.3 Å². The number of benzene rings is 4. The number of nitrogens with zero attached hydrogens (tertiary/aromatic N) is 4. The summed E-state index contributed by atoms with van der Waals surface area (Å²) in [5.41, 5.74) is 13.7. The summed E-state index contributed by atoms with van der Waals surface area (Å²) in [6, 6.07) is 22.3. The quantitative estimate of drug-likeness (QED) is 0.134. The van der Waals surface area contributed by atoms with Gasteiger partial charge in [-0.05, 0) is 71.2 Å². The van der Waals surface area contributed by atoms with Crippen LogP contribution < -0.4 is 24.7 Å². The first kappa shape index (κ1) is 33.8. The Morgan fingerprint density at radius 3 is 1.77 bits per heavy atom. The Morgan fingerprint density at radius 2 is 1.21 bits per heavy atom. The Balaban J connectivity index is 0.896. The number of rotatable bonds is 10. The van der Waals surface area contributed by atoms with Gasteiger partial charge in [0.15, 0.2) is 11.5 Å². The lowest BCUT2D eigenvalue weighted by molar-refractivity contribution is 0.0809. The average molecular weight is 710 g/mol. The molecule has 2 atom stereocenters. The molecule has 0 unspecified atom stereocenters. The van der Waals surface area contributed by atoms with Gasteiger partial charge in [-0.3, -0.25) is 19.6 Å². The zero-order valence-corrected chi connectivity index (χ0v) is 29.7. The van der Waals surface area contributed by atoms with Crippen molar-refractivity contribution in [1.82, 2.24) is 9.80 Å². The third kappa shape index (κ3) is 6.50. The molecule has 0 fully saturated rings. The van der Waals surface area contributed by atoms with Crippen LogP contribution in [0.15, 0.2) is 95.2 Å². The van der Waals surface area contributed by atoms with E-state index in [0.717, 1.165) is 33.6 Å². The van der Waals surface area contributed by atoms with Crippen molar-refractivity contribution in [2.75, 3.05) is 33.2 Å². The van der Waals surface area contributed by atoms with E-state index in [1.807, 2.05) is 92.4 Å². The molecule has 4 aliphatic rings. The van der Waals surface area contributed by atoms with E-state index in [4.69, 9.17) is 34.7 Å². The van der Waals surface area contributed by atoms with E-state index < -0.39 is 0 Å². The molecule has 53 heavy (non-hydrogen) atoms. The summed E-state index contributed by atoms with van der Waals surface area (Å²) in [6.45, 7) is 2.65. The minimum Gasteiger partial charge on any atom is -0.497 e. The molecule has 0 aliphatic carbocycles. The number of anilines is 1. The number of nitrogens with two attached hydrogens (primary N) is 1. The van der Waals surface area contributed by atoms with Crippen LogP contribution in [-0.4, -0.2) is 73.6 Å². The molecule has 0 radical (unpaired) electrons. The summed E-state index contributed by atoms with van der Waals surface area (Å²) in [6.07, 6.45) is 9.39. The lowest BCUT2D eigenvalue weighted by Gasteiger charge is -2.19. The third-order valence-corrected chi connectivity index (χ3v) is 9.99. The molecule has 11 heteroatoms. The zero-order valence-electron chi connectivity index (χ0n) is 29.7. The minimum atomic E-state index is -0.192. The van der Waals surface area contributed by atoms with Crippen molar-refractivity contribution in [2.24, 2.45) is 9.98 Å². The number of nitrogen functional groups attached to an aromatic ring is 1. The Morgan fingerprint density at radius 1 is 0.679 bits per heavy atom. The van der Waals surface area contributed by atoms with Gasteiger partial charge in [0.1, 0.15) is 11.5 Å². The maximum atomic E-state index is 13.7. The number of carbonyl (C=O) groups excluding carboxylic acids is 2. The predicted octanol–water partition coefficient (Wildman–Crippen LogP) is 7.39. The summed E-state index contributed by atoms with van der Waals surface area (Å²) in [7, 11) is 3.19. The fourth-order valence-corrected chi connectivity index (χ4v) is 7.08. The number of hydrogen-bond acceptors (Lipinski definition) is 9. The second-order valence-electron chi connectivity index (χ2n) is 13.4. The Hall–Kier alpha value is -6.36. The van der Waals surface area contributed by atoms with Crippen molar-refractivity contribution in [3.8, 4) is 23.0 Å². The van der Waals surface area contributed by atoms with Gasteiger partial charge in [-0.15, -0.1) is 0 Å². The maximum absolute atomic E-state index is 13.7. The number of carbonyl (C=O) groups is 2. The summed E-state index contributed by atoms with van der Waals surface area (Å²) < 4.78 is 23.2. The first-order valence-corrected chi connectivity index (χ1v) is 17.6. The van der Waals surface area contributed by atoms with Crippen LogP contribution in [0.5, 0.6) is 23.0 Å². The van der Waals surface area contributed by atoms with Crippen LogP contribution in [-0.2, 0) is 0 Å². The normalized spacial score (nSPS) is 18.3. The van der Waals surface area contributed by atoms with Crippen molar-refractivity contribution < 1.29 is 28.5 Å². The lowest BCUT2D eigenvalue weighted by Crippen LogP contribution is -2.32. The van der Waals surface area contributed by atoms with Gasteiger partial charge < -0.3 is 34.5 Å². The Bertz CT molecular complexity index is 2220. The molecule has 268 valence electrons. The van der Waals surface area contributed by atoms with Crippen LogP contribution in [0.2, 0.25) is 0 Å². The van der Waals surface area contributed by atoms with Gasteiger partial charge >= 0.3 is 0 Å². The molecule has 4 aliphatic heterocycles. The molecule has 11 nitrogen and oxygen atoms in total. The highest BCUT2D eigenvalue weighted by Crippen LogP contribution is 2.41. The maximum Gasteiger partial charge on any atom is 0.260 e. The monoisotopic (exact) mass is 709 g/mol. The van der Waals surface area contributed by atoms with Gasteiger partial charge in [-0.25, -0.2) is 0 Å². The molecule has 0 aromatic heterocycles. The second-order valence-corrected chi connectivity index (χ2v) is 13.4. The molecule has 0 saturated carbocycles. The Kier molecular flexibility index (Phi) is 8.91. The van der Waals surface area contributed by atoms with Gasteiger partial charge in [0, 0.05) is 61.9 Å². The van der Waals surface area contributed by atoms with Gasteiger partial charge in [0.25, 0.3) is 11.8 Å². The fourth-order valence-electron chi connectivity index (χ4n) is 7.08. The van der Waals surface area contributed by atoms with Crippen LogP contribution in [0.3, 0.4) is 0 Å². The molecular weight excluding hydrogens is 670 g/mol. The number of amides is 2. The van der Waals surface area contributed by atoms with Crippen LogP contribution in [0.1, 0.15) is 56.7 Å². The average Bonchev–Trinajstić information content (AvgIpc) is 3.76. The number of hydrogen-bond donors (Lipinski definition) is 1. The van der Waals surface area contributed by atoms with E-state index in [-0.39, 0.29) is 23.9 Å². The zero-order chi connectivity index (χ0) is 36.6. The smallest absolute Gasteiger partial charge is 0.260 e. The second kappa shape index (κ2) is 14.0. The topological polar surface area (TPSA) is 128 Å². The summed E-state index contributed by atoms with van der Waals surface area (Å²) in [5.74, 6) is 2.16. The van der Waals surface area contributed by atoms with E-state index in [2.05, 4.69) is 0 Å². The summed E-state index contributed by atoms with van der Waals surface area (Å²) in [5, 5.41) is 0. The number of ether oxygens (including phenoxy) is 4. The SMILES string of the molecule is COc1ccc(C2=CN3C(=O)c4cc(C)c(OCCCOc5cc6c(cc5OC)C(=O)N5C=C(c7ccc(N)cc7)C[C@@H]5C=N6)cc4N=C[C@@H]3C2)cc1. The van der Waals surface area contributed by atoms with Crippen LogP contribution in [0.4, 0.5) is 17.1 Å². The molecule has 8 rings (SSSR count). The van der Waals surface area contributed by atoms with Crippen LogP contribution in [0.25, 0.3) is 11.1 Å². The number of fused-ring (bicyclic) bond motifs is 4. The van der Waals surface area contributed by atoms with Gasteiger partial charge in [-0.2, -0.15) is 0 Å². The van der Waals surface area contributed by atoms with Crippen LogP contribution >= 0.6 is 0 Å². The molecule has 4 heterocycles. The van der Waals surface area contributed by atoms with Crippen LogP contribution in [0, 0.1) is 6.92 Å². The molecular formula is C42H39N5O6. The lowest BCUT2D eigenvalue weighted by atomic mass is 10.0. The van der Waals surface area contributed by atoms with E-state index in [1.165, 1.54) is 0 Å². The molecule has 2 amide bonds. The van der Waals surface area contributed by atoms with E-state index >= 15 is 0 Å². The first-order valence-electron chi connectivity index (χ1n) is 17.6. The summed E-state index contributed by atoms with van der Waals surface area (Å²) in [4.78, 5) is 40.3. The van der Waals surface area contributed by atoms with Crippen molar-refractivity contribution >= 4 is 52.5 Å². The largest absolute Gasteiger partial charge is 0.497 e. The third-order valence-electron chi connectivity index (χ3n) is 9.99. The fraction of sp³-hybridized carbons (Fsp3) is 0.238. The van der Waals surface area contributed by atoms with E-state index in [9.17, 15) is 9.59 Å². The molecule has 4 aromatic rings. The van der Waals surface area contributed by atoms with E-state index in [0.29, 0.717) is 77.9 Å². The van der Waals surface area contributed by atoms with Crippen molar-refractivity contribution in [2.45, 2.75) is 38.3 Å². The molecule has 2 N–H and O–H groups in total. The van der Waals surface area contributed by atoms with Gasteiger partial charge in [0.05, 0.1) is 62.0 Å². The molecule has 0 bridgehead atoms. The molecule has 0 saturated heterocycles. The van der Waals surface area contributed by atoms with Gasteiger partial charge in [0.2, 0.25) is 0 Å². The number of methoxy groups -OCH3 is 2.